The van der Waals surface area contributed by atoms with E-state index in [0.717, 1.165) is 18.8 Å². The first kappa shape index (κ1) is 17.1. The summed E-state index contributed by atoms with van der Waals surface area (Å²) < 4.78 is 0. The predicted molar refractivity (Wildman–Crippen MR) is 103 cm³/mol. The molecule has 2 saturated heterocycles. The zero-order valence-corrected chi connectivity index (χ0v) is 16.2. The molecule has 0 N–H and O–H groups in total. The third kappa shape index (κ3) is 4.10. The summed E-state index contributed by atoms with van der Waals surface area (Å²) in [4.78, 5) is 14.6. The molecule has 2 aromatic heterocycles. The minimum absolute atomic E-state index is 0.479. The van der Waals surface area contributed by atoms with Crippen LogP contribution in [0.2, 0.25) is 0 Å². The second-order valence-electron chi connectivity index (χ2n) is 7.90. The van der Waals surface area contributed by atoms with Crippen molar-refractivity contribution in [2.24, 2.45) is 5.41 Å². The van der Waals surface area contributed by atoms with E-state index in [1.165, 1.54) is 61.8 Å². The standard InChI is InChI=1S/C20H28N4S/c1-16-5-3-6-18(21-16)11-23-9-4-7-20(14-23)8-10-24(15-20)12-19-13-25-17(2)22-19/h3,5-6,13H,4,7-12,14-15H2,1-2H3. The van der Waals surface area contributed by atoms with Crippen LogP contribution in [0.3, 0.4) is 0 Å². The Bertz CT molecular complexity index is 728. The molecule has 2 aliphatic heterocycles. The molecule has 2 aliphatic rings. The van der Waals surface area contributed by atoms with Crippen LogP contribution in [0.25, 0.3) is 0 Å². The van der Waals surface area contributed by atoms with Crippen LogP contribution in [-0.2, 0) is 13.1 Å². The fourth-order valence-electron chi connectivity index (χ4n) is 4.57. The Balaban J connectivity index is 1.37. The summed E-state index contributed by atoms with van der Waals surface area (Å²) in [5.74, 6) is 0. The summed E-state index contributed by atoms with van der Waals surface area (Å²) >= 11 is 1.76. The Morgan fingerprint density at radius 3 is 2.56 bits per heavy atom. The highest BCUT2D eigenvalue weighted by Crippen LogP contribution is 2.39. The molecule has 5 heteroatoms. The summed E-state index contributed by atoms with van der Waals surface area (Å²) in [7, 11) is 0. The van der Waals surface area contributed by atoms with Crippen LogP contribution in [0.4, 0.5) is 0 Å². The number of likely N-dealkylation sites (tertiary alicyclic amines) is 2. The van der Waals surface area contributed by atoms with Crippen LogP contribution < -0.4 is 0 Å². The van der Waals surface area contributed by atoms with Gasteiger partial charge in [-0.3, -0.25) is 14.8 Å². The van der Waals surface area contributed by atoms with E-state index < -0.39 is 0 Å². The Morgan fingerprint density at radius 2 is 1.80 bits per heavy atom. The molecule has 4 nitrogen and oxygen atoms in total. The number of aromatic nitrogens is 2. The van der Waals surface area contributed by atoms with E-state index in [2.05, 4.69) is 52.2 Å². The minimum atomic E-state index is 0.479. The van der Waals surface area contributed by atoms with Gasteiger partial charge in [-0.15, -0.1) is 11.3 Å². The smallest absolute Gasteiger partial charge is 0.0897 e. The first-order valence-corrected chi connectivity index (χ1v) is 10.3. The average Bonchev–Trinajstić information content (AvgIpc) is 3.14. The normalized spacial score (nSPS) is 25.0. The van der Waals surface area contributed by atoms with Gasteiger partial charge in [-0.1, -0.05) is 6.07 Å². The highest BCUT2D eigenvalue weighted by atomic mass is 32.1. The topological polar surface area (TPSA) is 32.3 Å². The lowest BCUT2D eigenvalue weighted by molar-refractivity contribution is 0.0856. The first-order chi connectivity index (χ1) is 12.1. The Kier molecular flexibility index (Phi) is 4.89. The van der Waals surface area contributed by atoms with Gasteiger partial charge in [0.1, 0.15) is 0 Å². The van der Waals surface area contributed by atoms with E-state index in [4.69, 9.17) is 4.98 Å². The molecule has 0 aromatic carbocycles. The van der Waals surface area contributed by atoms with Crippen molar-refractivity contribution in [3.63, 3.8) is 0 Å². The van der Waals surface area contributed by atoms with Crippen LogP contribution in [0.1, 0.15) is 41.4 Å². The number of thiazole rings is 1. The van der Waals surface area contributed by atoms with Crippen LogP contribution in [0.15, 0.2) is 23.6 Å². The summed E-state index contributed by atoms with van der Waals surface area (Å²) in [6.45, 7) is 11.1. The van der Waals surface area contributed by atoms with E-state index in [0.29, 0.717) is 5.41 Å². The molecular weight excluding hydrogens is 328 g/mol. The molecule has 1 spiro atoms. The number of hydrogen-bond donors (Lipinski definition) is 0. The quantitative estimate of drug-likeness (QED) is 0.837. The fourth-order valence-corrected chi connectivity index (χ4v) is 5.17. The summed E-state index contributed by atoms with van der Waals surface area (Å²) in [5.41, 5.74) is 4.06. The van der Waals surface area contributed by atoms with Crippen LogP contribution in [0, 0.1) is 19.3 Å². The minimum Gasteiger partial charge on any atom is -0.297 e. The van der Waals surface area contributed by atoms with E-state index >= 15 is 0 Å². The van der Waals surface area contributed by atoms with Gasteiger partial charge in [-0.25, -0.2) is 4.98 Å². The van der Waals surface area contributed by atoms with Gasteiger partial charge < -0.3 is 0 Å². The lowest BCUT2D eigenvalue weighted by atomic mass is 9.79. The molecule has 0 radical (unpaired) electrons. The molecule has 0 amide bonds. The number of hydrogen-bond acceptors (Lipinski definition) is 5. The van der Waals surface area contributed by atoms with Crippen molar-refractivity contribution < 1.29 is 0 Å². The van der Waals surface area contributed by atoms with Crippen molar-refractivity contribution in [1.82, 2.24) is 19.8 Å². The zero-order valence-electron chi connectivity index (χ0n) is 15.4. The number of rotatable bonds is 4. The molecule has 2 aromatic rings. The van der Waals surface area contributed by atoms with Crippen LogP contribution in [0.5, 0.6) is 0 Å². The molecule has 1 atom stereocenters. The molecule has 0 saturated carbocycles. The van der Waals surface area contributed by atoms with Crippen molar-refractivity contribution in [2.75, 3.05) is 26.2 Å². The van der Waals surface area contributed by atoms with Gasteiger partial charge in [-0.2, -0.15) is 0 Å². The number of piperidine rings is 1. The van der Waals surface area contributed by atoms with Gasteiger partial charge in [0.2, 0.25) is 0 Å². The molecule has 2 fully saturated rings. The predicted octanol–water partition coefficient (Wildman–Crippen LogP) is 3.64. The maximum absolute atomic E-state index is 4.70. The summed E-state index contributed by atoms with van der Waals surface area (Å²) in [5, 5.41) is 3.40. The van der Waals surface area contributed by atoms with Crippen molar-refractivity contribution in [2.45, 2.75) is 46.2 Å². The first-order valence-electron chi connectivity index (χ1n) is 9.39. The lowest BCUT2D eigenvalue weighted by Crippen LogP contribution is -2.44. The maximum Gasteiger partial charge on any atom is 0.0897 e. The van der Waals surface area contributed by atoms with Crippen molar-refractivity contribution in [3.8, 4) is 0 Å². The van der Waals surface area contributed by atoms with Gasteiger partial charge in [0.25, 0.3) is 0 Å². The van der Waals surface area contributed by atoms with Gasteiger partial charge >= 0.3 is 0 Å². The second kappa shape index (κ2) is 7.14. The monoisotopic (exact) mass is 356 g/mol. The van der Waals surface area contributed by atoms with Crippen molar-refractivity contribution in [1.29, 1.82) is 0 Å². The maximum atomic E-state index is 4.70. The van der Waals surface area contributed by atoms with Gasteiger partial charge in [0, 0.05) is 37.3 Å². The highest BCUT2D eigenvalue weighted by Gasteiger charge is 2.41. The van der Waals surface area contributed by atoms with E-state index in [1.807, 2.05) is 0 Å². The molecule has 4 heterocycles. The van der Waals surface area contributed by atoms with Crippen molar-refractivity contribution in [3.05, 3.63) is 45.7 Å². The van der Waals surface area contributed by atoms with E-state index in [-0.39, 0.29) is 0 Å². The Hall–Kier alpha value is -1.30. The molecule has 134 valence electrons. The third-order valence-corrected chi connectivity index (χ3v) is 6.46. The van der Waals surface area contributed by atoms with E-state index in [1.54, 1.807) is 11.3 Å². The Morgan fingerprint density at radius 1 is 1.00 bits per heavy atom. The number of nitrogens with zero attached hydrogens (tertiary/aromatic N) is 4. The summed E-state index contributed by atoms with van der Waals surface area (Å²) in [6, 6.07) is 6.38. The molecule has 4 rings (SSSR count). The highest BCUT2D eigenvalue weighted by molar-refractivity contribution is 7.09. The second-order valence-corrected chi connectivity index (χ2v) is 8.97. The Labute approximate surface area is 154 Å². The number of pyridine rings is 1. The fraction of sp³-hybridized carbons (Fsp3) is 0.600. The SMILES string of the molecule is Cc1cccc(CN2CCCC3(CCN(Cc4csc(C)n4)C3)C2)n1. The third-order valence-electron chi connectivity index (χ3n) is 5.64. The molecular formula is C20H28N4S. The lowest BCUT2D eigenvalue weighted by Gasteiger charge is -2.40. The average molecular weight is 357 g/mol. The van der Waals surface area contributed by atoms with Gasteiger partial charge in [0.15, 0.2) is 0 Å². The molecule has 0 bridgehead atoms. The van der Waals surface area contributed by atoms with E-state index in [9.17, 15) is 0 Å². The van der Waals surface area contributed by atoms with Crippen LogP contribution >= 0.6 is 11.3 Å². The van der Waals surface area contributed by atoms with Gasteiger partial charge in [-0.05, 0) is 63.7 Å². The summed E-state index contributed by atoms with van der Waals surface area (Å²) in [6.07, 6.45) is 4.01. The molecule has 0 aliphatic carbocycles. The van der Waals surface area contributed by atoms with Crippen LogP contribution in [-0.4, -0.2) is 45.9 Å². The number of aryl methyl sites for hydroxylation is 2. The zero-order chi connectivity index (χ0) is 17.3. The largest absolute Gasteiger partial charge is 0.297 e. The van der Waals surface area contributed by atoms with Gasteiger partial charge in [0.05, 0.1) is 16.4 Å². The molecule has 25 heavy (non-hydrogen) atoms. The van der Waals surface area contributed by atoms with Crippen molar-refractivity contribution >= 4 is 11.3 Å². The molecule has 1 unspecified atom stereocenters.